The summed E-state index contributed by atoms with van der Waals surface area (Å²) in [5.74, 6) is -1.61. The molecule has 4 aromatic heterocycles. The second-order valence-corrected chi connectivity index (χ2v) is 7.86. The van der Waals surface area contributed by atoms with Crippen molar-refractivity contribution in [2.45, 2.75) is 25.7 Å². The third kappa shape index (κ3) is 4.21. The van der Waals surface area contributed by atoms with E-state index in [9.17, 15) is 22.4 Å². The number of fused-ring (bicyclic) bond motifs is 2. The molecule has 0 amide bonds. The molecule has 0 radical (unpaired) electrons. The Bertz CT molecular complexity index is 1430. The van der Waals surface area contributed by atoms with Crippen molar-refractivity contribution in [2.75, 3.05) is 13.2 Å². The zero-order valence-electron chi connectivity index (χ0n) is 18.5. The van der Waals surface area contributed by atoms with Crippen molar-refractivity contribution in [2.24, 2.45) is 7.05 Å². The molecule has 1 aliphatic heterocycles. The minimum atomic E-state index is -3.17. The molecule has 0 spiro atoms. The predicted octanol–water partition coefficient (Wildman–Crippen LogP) is 3.23. The SMILES string of the molecule is Cn1cc(-c2c(-c3c(C(F)F)nn4c3OC[C@@H](OCC(=O)O)C4)[nH]c3ncccc23)c(OC(F)F)n1. The van der Waals surface area contributed by atoms with Gasteiger partial charge in [0.25, 0.3) is 6.43 Å². The number of nitrogens with zero attached hydrogens (tertiary/aromatic N) is 5. The smallest absolute Gasteiger partial charge is 0.388 e. The summed E-state index contributed by atoms with van der Waals surface area (Å²) in [4.78, 5) is 18.0. The summed E-state index contributed by atoms with van der Waals surface area (Å²) in [5.41, 5.74) is 0.0294. The van der Waals surface area contributed by atoms with Crippen LogP contribution in [0.5, 0.6) is 11.8 Å². The topological polar surface area (TPSA) is 129 Å². The number of carboxylic acids is 1. The number of halogens is 4. The number of pyridine rings is 1. The van der Waals surface area contributed by atoms with E-state index in [1.165, 1.54) is 24.1 Å². The number of aromatic nitrogens is 6. The van der Waals surface area contributed by atoms with Crippen LogP contribution in [0.2, 0.25) is 0 Å². The van der Waals surface area contributed by atoms with Gasteiger partial charge in [-0.25, -0.2) is 23.2 Å². The molecule has 0 aliphatic carbocycles. The van der Waals surface area contributed by atoms with E-state index in [0.29, 0.717) is 11.0 Å². The van der Waals surface area contributed by atoms with Crippen LogP contribution in [0.4, 0.5) is 17.6 Å². The van der Waals surface area contributed by atoms with Gasteiger partial charge < -0.3 is 24.3 Å². The van der Waals surface area contributed by atoms with Crippen LogP contribution >= 0.6 is 0 Å². The van der Waals surface area contributed by atoms with Gasteiger partial charge >= 0.3 is 12.6 Å². The molecule has 5 rings (SSSR count). The number of alkyl halides is 4. The van der Waals surface area contributed by atoms with E-state index >= 15 is 0 Å². The van der Waals surface area contributed by atoms with E-state index in [4.69, 9.17) is 14.6 Å². The molecule has 0 aromatic carbocycles. The van der Waals surface area contributed by atoms with Crippen LogP contribution in [0, 0.1) is 0 Å². The zero-order chi connectivity index (χ0) is 25.6. The molecule has 190 valence electrons. The maximum atomic E-state index is 14.2. The van der Waals surface area contributed by atoms with Crippen LogP contribution in [0.25, 0.3) is 33.4 Å². The normalized spacial score (nSPS) is 15.5. The van der Waals surface area contributed by atoms with E-state index in [-0.39, 0.29) is 41.4 Å². The number of carbonyl (C=O) groups is 1. The first-order valence-corrected chi connectivity index (χ1v) is 10.5. The Labute approximate surface area is 199 Å². The number of aryl methyl sites for hydroxylation is 1. The zero-order valence-corrected chi connectivity index (χ0v) is 18.5. The van der Waals surface area contributed by atoms with Crippen molar-refractivity contribution < 1.29 is 41.7 Å². The number of nitrogens with one attached hydrogen (secondary N) is 1. The Morgan fingerprint density at radius 2 is 2.11 bits per heavy atom. The number of hydrogen-bond donors (Lipinski definition) is 2. The quantitative estimate of drug-likeness (QED) is 0.346. The van der Waals surface area contributed by atoms with Crippen molar-refractivity contribution in [1.29, 1.82) is 0 Å². The van der Waals surface area contributed by atoms with Gasteiger partial charge in [-0.05, 0) is 12.1 Å². The number of aliphatic carboxylic acids is 1. The maximum Gasteiger partial charge on any atom is 0.388 e. The Kier molecular flexibility index (Phi) is 5.99. The summed E-state index contributed by atoms with van der Waals surface area (Å²) in [5, 5.41) is 17.2. The van der Waals surface area contributed by atoms with Crippen molar-refractivity contribution in [3.8, 4) is 34.1 Å². The van der Waals surface area contributed by atoms with E-state index in [1.807, 2.05) is 0 Å². The van der Waals surface area contributed by atoms with Crippen LogP contribution in [0.1, 0.15) is 12.1 Å². The van der Waals surface area contributed by atoms with Gasteiger partial charge in [-0.3, -0.25) is 4.68 Å². The van der Waals surface area contributed by atoms with Gasteiger partial charge in [0.15, 0.2) is 0 Å². The first kappa shape index (κ1) is 23.6. The van der Waals surface area contributed by atoms with Crippen LogP contribution in [0.15, 0.2) is 24.5 Å². The van der Waals surface area contributed by atoms with Crippen molar-refractivity contribution in [3.63, 3.8) is 0 Å². The lowest BCUT2D eigenvalue weighted by Gasteiger charge is -2.24. The summed E-state index contributed by atoms with van der Waals surface area (Å²) in [6.07, 6.45) is -0.863. The molecule has 2 N–H and O–H groups in total. The summed E-state index contributed by atoms with van der Waals surface area (Å²) in [7, 11) is 1.50. The highest BCUT2D eigenvalue weighted by molar-refractivity contribution is 6.04. The lowest BCUT2D eigenvalue weighted by molar-refractivity contribution is -0.146. The molecule has 0 saturated heterocycles. The molecule has 5 heterocycles. The second kappa shape index (κ2) is 9.14. The molecular formula is C21H18F4N6O5. The fourth-order valence-electron chi connectivity index (χ4n) is 4.13. The Morgan fingerprint density at radius 1 is 1.31 bits per heavy atom. The number of carboxylic acid groups (broad SMARTS) is 1. The fraction of sp³-hybridized carbons (Fsp3) is 0.333. The molecule has 4 aromatic rings. The predicted molar refractivity (Wildman–Crippen MR) is 114 cm³/mol. The third-order valence-corrected chi connectivity index (χ3v) is 5.45. The molecule has 1 aliphatic rings. The van der Waals surface area contributed by atoms with Crippen LogP contribution in [-0.4, -0.2) is 66.5 Å². The van der Waals surface area contributed by atoms with Gasteiger partial charge in [-0.15, -0.1) is 5.10 Å². The minimum Gasteiger partial charge on any atom is -0.480 e. The van der Waals surface area contributed by atoms with Crippen LogP contribution in [-0.2, 0) is 23.1 Å². The monoisotopic (exact) mass is 510 g/mol. The van der Waals surface area contributed by atoms with E-state index < -0.39 is 43.3 Å². The van der Waals surface area contributed by atoms with Gasteiger partial charge in [0.05, 0.1) is 23.4 Å². The summed E-state index contributed by atoms with van der Waals surface area (Å²) < 4.78 is 72.5. The number of ether oxygens (including phenoxy) is 3. The molecule has 36 heavy (non-hydrogen) atoms. The molecule has 0 saturated carbocycles. The number of aromatic amines is 1. The average Bonchev–Trinajstić information content (AvgIpc) is 3.49. The van der Waals surface area contributed by atoms with Gasteiger partial charge in [-0.1, -0.05) is 0 Å². The molecule has 15 heteroatoms. The van der Waals surface area contributed by atoms with Gasteiger partial charge in [0.1, 0.15) is 30.7 Å². The molecular weight excluding hydrogens is 492 g/mol. The van der Waals surface area contributed by atoms with Crippen LogP contribution in [0.3, 0.4) is 0 Å². The van der Waals surface area contributed by atoms with Crippen molar-refractivity contribution in [3.05, 3.63) is 30.2 Å². The van der Waals surface area contributed by atoms with Gasteiger partial charge in [-0.2, -0.15) is 13.9 Å². The number of hydrogen-bond acceptors (Lipinski definition) is 7. The number of H-pyrrole nitrogens is 1. The van der Waals surface area contributed by atoms with Crippen LogP contribution < -0.4 is 9.47 Å². The van der Waals surface area contributed by atoms with Gasteiger partial charge in [0, 0.05) is 30.4 Å². The lowest BCUT2D eigenvalue weighted by atomic mass is 10.0. The van der Waals surface area contributed by atoms with Crippen molar-refractivity contribution >= 4 is 17.0 Å². The van der Waals surface area contributed by atoms with E-state index in [0.717, 1.165) is 4.68 Å². The summed E-state index contributed by atoms with van der Waals surface area (Å²) in [6.45, 7) is -3.92. The average molecular weight is 510 g/mol. The lowest BCUT2D eigenvalue weighted by Crippen LogP contribution is -2.34. The van der Waals surface area contributed by atoms with E-state index in [2.05, 4.69) is 24.9 Å². The maximum absolute atomic E-state index is 14.2. The van der Waals surface area contributed by atoms with Crippen molar-refractivity contribution in [1.82, 2.24) is 29.5 Å². The Hall–Kier alpha value is -4.14. The molecule has 11 nitrogen and oxygen atoms in total. The highest BCUT2D eigenvalue weighted by Gasteiger charge is 2.35. The molecule has 0 unspecified atom stereocenters. The largest absolute Gasteiger partial charge is 0.480 e. The standard InChI is InChI=1S/C21H18F4N6O5/c1-30-6-11(19(29-30)36-21(24)25)13-10-3-2-4-26-18(10)27-15(13)14-16(17(22)23)28-31-5-9(7-35-20(14)31)34-8-12(32)33/h2-4,6,9,17,21H,5,7-8H2,1H3,(H,26,27)(H,32,33)/t9-/m0/s1. The first-order valence-electron chi connectivity index (χ1n) is 10.5. The minimum absolute atomic E-state index is 0.0199. The second-order valence-electron chi connectivity index (χ2n) is 7.86. The summed E-state index contributed by atoms with van der Waals surface area (Å²) in [6, 6.07) is 3.25. The fourth-order valence-corrected chi connectivity index (χ4v) is 4.13. The number of rotatable bonds is 8. The third-order valence-electron chi connectivity index (χ3n) is 5.45. The molecule has 1 atom stereocenters. The summed E-state index contributed by atoms with van der Waals surface area (Å²) >= 11 is 0. The van der Waals surface area contributed by atoms with Gasteiger partial charge in [0.2, 0.25) is 11.8 Å². The highest BCUT2D eigenvalue weighted by atomic mass is 19.3. The first-order chi connectivity index (χ1) is 17.2. The molecule has 0 bridgehead atoms. The Morgan fingerprint density at radius 3 is 2.83 bits per heavy atom. The Balaban J connectivity index is 1.70. The highest BCUT2D eigenvalue weighted by Crippen LogP contribution is 2.47. The van der Waals surface area contributed by atoms with E-state index in [1.54, 1.807) is 12.1 Å². The molecule has 0 fully saturated rings.